The number of aromatic nitrogens is 4. The van der Waals surface area contributed by atoms with E-state index in [-0.39, 0.29) is 11.9 Å². The Labute approximate surface area is 184 Å². The smallest absolute Gasteiger partial charge is 0.368 e. The number of rotatable bonds is 5. The molecule has 0 amide bonds. The number of nitrogens with zero attached hydrogens (tertiary/aromatic N) is 5. The molecule has 0 aliphatic carbocycles. The van der Waals surface area contributed by atoms with Crippen molar-refractivity contribution < 1.29 is 13.2 Å². The van der Waals surface area contributed by atoms with Gasteiger partial charge in [-0.25, -0.2) is 19.9 Å². The highest BCUT2D eigenvalue weighted by molar-refractivity contribution is 5.66. The van der Waals surface area contributed by atoms with E-state index in [0.717, 1.165) is 73.7 Å². The number of likely N-dealkylation sites (tertiary alicyclic amines) is 1. The van der Waals surface area contributed by atoms with Crippen LogP contribution in [-0.4, -0.2) is 37.9 Å². The van der Waals surface area contributed by atoms with Gasteiger partial charge in [0.05, 0.1) is 11.3 Å². The Morgan fingerprint density at radius 3 is 2.44 bits per heavy atom. The van der Waals surface area contributed by atoms with E-state index >= 15 is 0 Å². The molecule has 0 spiro atoms. The van der Waals surface area contributed by atoms with E-state index in [1.807, 2.05) is 19.3 Å². The molecule has 4 rings (SSSR count). The van der Waals surface area contributed by atoms with E-state index in [9.17, 15) is 13.2 Å². The number of piperidine rings is 1. The van der Waals surface area contributed by atoms with Gasteiger partial charge in [0, 0.05) is 55.1 Å². The fraction of sp³-hybridized carbons (Fsp3) is 0.391. The van der Waals surface area contributed by atoms with Crippen molar-refractivity contribution in [2.75, 3.05) is 18.8 Å². The van der Waals surface area contributed by atoms with E-state index < -0.39 is 11.7 Å². The quantitative estimate of drug-likeness (QED) is 0.628. The average molecular weight is 442 g/mol. The van der Waals surface area contributed by atoms with Crippen molar-refractivity contribution in [3.63, 3.8) is 0 Å². The molecule has 1 saturated heterocycles. The SMILES string of the molecule is CCc1ncc(CN2CCC[C@H](c3nc(N)ncc3-c3ccc(C(F)(F)F)cc3)C2)cn1. The first-order valence-corrected chi connectivity index (χ1v) is 10.7. The normalized spacial score (nSPS) is 17.4. The topological polar surface area (TPSA) is 80.8 Å². The predicted octanol–water partition coefficient (Wildman–Crippen LogP) is 4.48. The van der Waals surface area contributed by atoms with Gasteiger partial charge in [-0.2, -0.15) is 13.2 Å². The highest BCUT2D eigenvalue weighted by Gasteiger charge is 2.30. The zero-order valence-corrected chi connectivity index (χ0v) is 17.8. The molecule has 0 radical (unpaired) electrons. The standard InChI is InChI=1S/C23H25F3N6/c1-2-20-28-10-15(11-29-20)13-32-9-3-4-17(14-32)21-19(12-30-22(27)31-21)16-5-7-18(8-6-16)23(24,25)26/h5-8,10-12,17H,2-4,9,13-14H2,1H3,(H2,27,30,31)/t17-/m0/s1. The van der Waals surface area contributed by atoms with Crippen LogP contribution in [0.4, 0.5) is 19.1 Å². The Kier molecular flexibility index (Phi) is 6.36. The summed E-state index contributed by atoms with van der Waals surface area (Å²) in [7, 11) is 0. The van der Waals surface area contributed by atoms with Crippen LogP contribution >= 0.6 is 0 Å². The number of nitrogens with two attached hydrogens (primary N) is 1. The van der Waals surface area contributed by atoms with Crippen molar-refractivity contribution in [3.8, 4) is 11.1 Å². The summed E-state index contributed by atoms with van der Waals surface area (Å²) < 4.78 is 38.9. The van der Waals surface area contributed by atoms with Crippen LogP contribution in [0.1, 0.15) is 48.3 Å². The first-order valence-electron chi connectivity index (χ1n) is 10.7. The molecule has 9 heteroatoms. The Morgan fingerprint density at radius 1 is 1.06 bits per heavy atom. The predicted molar refractivity (Wildman–Crippen MR) is 116 cm³/mol. The van der Waals surface area contributed by atoms with Crippen LogP contribution in [0.2, 0.25) is 0 Å². The summed E-state index contributed by atoms with van der Waals surface area (Å²) in [5, 5.41) is 0. The van der Waals surface area contributed by atoms with Gasteiger partial charge in [0.2, 0.25) is 5.95 Å². The number of anilines is 1. The molecule has 32 heavy (non-hydrogen) atoms. The highest BCUT2D eigenvalue weighted by atomic mass is 19.4. The maximum Gasteiger partial charge on any atom is 0.416 e. The Bertz CT molecular complexity index is 1050. The van der Waals surface area contributed by atoms with Gasteiger partial charge in [0.15, 0.2) is 0 Å². The third-order valence-electron chi connectivity index (χ3n) is 5.73. The molecule has 0 unspecified atom stereocenters. The lowest BCUT2D eigenvalue weighted by Crippen LogP contribution is -2.34. The number of nitrogen functional groups attached to an aromatic ring is 1. The molecule has 3 aromatic rings. The van der Waals surface area contributed by atoms with Crippen molar-refractivity contribution in [2.45, 2.75) is 44.8 Å². The van der Waals surface area contributed by atoms with Gasteiger partial charge in [-0.3, -0.25) is 4.90 Å². The van der Waals surface area contributed by atoms with Crippen LogP contribution in [-0.2, 0) is 19.1 Å². The molecular weight excluding hydrogens is 417 g/mol. The maximum absolute atomic E-state index is 13.0. The fourth-order valence-corrected chi connectivity index (χ4v) is 4.11. The Balaban J connectivity index is 1.56. The second kappa shape index (κ2) is 9.20. The molecule has 6 nitrogen and oxygen atoms in total. The van der Waals surface area contributed by atoms with Gasteiger partial charge in [0.25, 0.3) is 0 Å². The zero-order chi connectivity index (χ0) is 22.7. The number of aryl methyl sites for hydroxylation is 1. The van der Waals surface area contributed by atoms with Crippen molar-refractivity contribution in [1.82, 2.24) is 24.8 Å². The minimum atomic E-state index is -4.37. The summed E-state index contributed by atoms with van der Waals surface area (Å²) >= 11 is 0. The summed E-state index contributed by atoms with van der Waals surface area (Å²) in [6.45, 7) is 4.46. The van der Waals surface area contributed by atoms with Gasteiger partial charge in [0.1, 0.15) is 5.82 Å². The van der Waals surface area contributed by atoms with Crippen LogP contribution in [0.5, 0.6) is 0 Å². The van der Waals surface area contributed by atoms with Gasteiger partial charge in [-0.05, 0) is 37.1 Å². The molecule has 1 aliphatic heterocycles. The van der Waals surface area contributed by atoms with Crippen LogP contribution in [0.15, 0.2) is 42.9 Å². The van der Waals surface area contributed by atoms with E-state index in [2.05, 4.69) is 24.8 Å². The number of halogens is 3. The second-order valence-electron chi connectivity index (χ2n) is 8.04. The summed E-state index contributed by atoms with van der Waals surface area (Å²) in [6.07, 6.45) is 3.67. The van der Waals surface area contributed by atoms with Crippen molar-refractivity contribution in [1.29, 1.82) is 0 Å². The lowest BCUT2D eigenvalue weighted by atomic mass is 9.89. The van der Waals surface area contributed by atoms with Crippen molar-refractivity contribution in [3.05, 3.63) is 65.5 Å². The molecule has 0 saturated carbocycles. The third-order valence-corrected chi connectivity index (χ3v) is 5.73. The van der Waals surface area contributed by atoms with Gasteiger partial charge in [-0.15, -0.1) is 0 Å². The summed E-state index contributed by atoms with van der Waals surface area (Å²) in [5.74, 6) is 1.08. The maximum atomic E-state index is 13.0. The molecule has 1 fully saturated rings. The lowest BCUT2D eigenvalue weighted by molar-refractivity contribution is -0.137. The molecule has 1 atom stereocenters. The van der Waals surface area contributed by atoms with E-state index in [1.54, 1.807) is 6.20 Å². The summed E-state index contributed by atoms with van der Waals surface area (Å²) in [5.41, 5.74) is 8.39. The van der Waals surface area contributed by atoms with Gasteiger partial charge >= 0.3 is 6.18 Å². The molecular formula is C23H25F3N6. The summed E-state index contributed by atoms with van der Waals surface area (Å²) in [6, 6.07) is 5.11. The molecule has 168 valence electrons. The molecule has 3 heterocycles. The number of hydrogen-bond acceptors (Lipinski definition) is 6. The van der Waals surface area contributed by atoms with Crippen LogP contribution in [0, 0.1) is 0 Å². The molecule has 2 aromatic heterocycles. The lowest BCUT2D eigenvalue weighted by Gasteiger charge is -2.33. The van der Waals surface area contributed by atoms with Crippen LogP contribution in [0.3, 0.4) is 0 Å². The van der Waals surface area contributed by atoms with E-state index in [0.29, 0.717) is 5.56 Å². The van der Waals surface area contributed by atoms with Gasteiger partial charge < -0.3 is 5.73 Å². The minimum absolute atomic E-state index is 0.0992. The first kappa shape index (κ1) is 22.1. The molecule has 1 aromatic carbocycles. The van der Waals surface area contributed by atoms with Crippen molar-refractivity contribution in [2.24, 2.45) is 0 Å². The van der Waals surface area contributed by atoms with Crippen LogP contribution < -0.4 is 5.73 Å². The second-order valence-corrected chi connectivity index (χ2v) is 8.04. The zero-order valence-electron chi connectivity index (χ0n) is 17.8. The molecule has 2 N–H and O–H groups in total. The Morgan fingerprint density at radius 2 is 1.78 bits per heavy atom. The van der Waals surface area contributed by atoms with Crippen molar-refractivity contribution >= 4 is 5.95 Å². The minimum Gasteiger partial charge on any atom is -0.368 e. The monoisotopic (exact) mass is 442 g/mol. The first-order chi connectivity index (χ1) is 15.3. The van der Waals surface area contributed by atoms with E-state index in [4.69, 9.17) is 5.73 Å². The number of benzene rings is 1. The van der Waals surface area contributed by atoms with E-state index in [1.165, 1.54) is 12.1 Å². The van der Waals surface area contributed by atoms with Crippen LogP contribution in [0.25, 0.3) is 11.1 Å². The molecule has 0 bridgehead atoms. The molecule has 1 aliphatic rings. The summed E-state index contributed by atoms with van der Waals surface area (Å²) in [4.78, 5) is 19.7. The fourth-order valence-electron chi connectivity index (χ4n) is 4.11. The average Bonchev–Trinajstić information content (AvgIpc) is 2.79. The largest absolute Gasteiger partial charge is 0.416 e. The number of hydrogen-bond donors (Lipinski definition) is 1. The van der Waals surface area contributed by atoms with Gasteiger partial charge in [-0.1, -0.05) is 19.1 Å². The third kappa shape index (κ3) is 5.04. The highest BCUT2D eigenvalue weighted by Crippen LogP contribution is 2.35. The number of alkyl halides is 3. The Hall–Kier alpha value is -3.07.